The van der Waals surface area contributed by atoms with Crippen LogP contribution >= 0.6 is 0 Å². The fraction of sp³-hybridized carbons (Fsp3) is 0.917. The monoisotopic (exact) mass is 228 g/mol. The van der Waals surface area contributed by atoms with E-state index in [1.54, 1.807) is 0 Å². The predicted octanol–water partition coefficient (Wildman–Crippen LogP) is 1.28. The van der Waals surface area contributed by atoms with Crippen molar-refractivity contribution in [2.75, 3.05) is 19.8 Å². The number of aliphatic hydroxyl groups excluding tert-OH is 1. The van der Waals surface area contributed by atoms with Crippen LogP contribution in [0.15, 0.2) is 0 Å². The van der Waals surface area contributed by atoms with Gasteiger partial charge in [-0.25, -0.2) is 0 Å². The van der Waals surface area contributed by atoms with E-state index in [4.69, 9.17) is 9.84 Å². The minimum atomic E-state index is -0.646. The van der Waals surface area contributed by atoms with Crippen molar-refractivity contribution >= 4 is 5.97 Å². The van der Waals surface area contributed by atoms with E-state index in [0.29, 0.717) is 31.5 Å². The molecule has 0 radical (unpaired) electrons. The molecule has 16 heavy (non-hydrogen) atoms. The molecule has 2 bridgehead atoms. The van der Waals surface area contributed by atoms with E-state index >= 15 is 0 Å². The lowest BCUT2D eigenvalue weighted by Gasteiger charge is -2.33. The molecule has 0 aromatic carbocycles. The highest BCUT2D eigenvalue weighted by molar-refractivity contribution is 5.75. The Labute approximate surface area is 95.6 Å². The molecule has 2 rings (SSSR count). The third kappa shape index (κ3) is 1.96. The first kappa shape index (κ1) is 11.9. The number of ether oxygens (including phenoxy) is 1. The number of hydrogen-bond acceptors (Lipinski definition) is 3. The van der Waals surface area contributed by atoms with Crippen LogP contribution in [0.5, 0.6) is 0 Å². The number of aliphatic hydroxyl groups is 1. The van der Waals surface area contributed by atoms with Gasteiger partial charge in [0, 0.05) is 6.61 Å². The molecule has 2 N–H and O–H groups in total. The number of hydrogen-bond donors (Lipinski definition) is 2. The Kier molecular flexibility index (Phi) is 3.50. The maximum absolute atomic E-state index is 11.5. The molecule has 4 heteroatoms. The van der Waals surface area contributed by atoms with Gasteiger partial charge in [-0.3, -0.25) is 4.79 Å². The largest absolute Gasteiger partial charge is 0.481 e. The molecule has 92 valence electrons. The lowest BCUT2D eigenvalue weighted by Crippen LogP contribution is -2.37. The van der Waals surface area contributed by atoms with Crippen molar-refractivity contribution in [2.45, 2.75) is 32.1 Å². The molecule has 2 aliphatic carbocycles. The maximum atomic E-state index is 11.5. The highest BCUT2D eigenvalue weighted by atomic mass is 16.5. The number of aliphatic carboxylic acids is 1. The third-order valence-electron chi connectivity index (χ3n) is 4.33. The quantitative estimate of drug-likeness (QED) is 0.672. The molecule has 0 aromatic heterocycles. The molecular formula is C12H20O4. The molecule has 3 unspecified atom stereocenters. The Morgan fingerprint density at radius 1 is 1.38 bits per heavy atom. The Morgan fingerprint density at radius 2 is 2.19 bits per heavy atom. The molecule has 3 atom stereocenters. The minimum absolute atomic E-state index is 0.00608. The first-order valence-corrected chi connectivity index (χ1v) is 6.11. The molecule has 0 spiro atoms. The van der Waals surface area contributed by atoms with Gasteiger partial charge < -0.3 is 14.9 Å². The van der Waals surface area contributed by atoms with Gasteiger partial charge in [-0.15, -0.1) is 0 Å². The molecular weight excluding hydrogens is 208 g/mol. The first-order valence-electron chi connectivity index (χ1n) is 6.11. The summed E-state index contributed by atoms with van der Waals surface area (Å²) in [6, 6.07) is 0. The van der Waals surface area contributed by atoms with Crippen LogP contribution < -0.4 is 0 Å². The van der Waals surface area contributed by atoms with Gasteiger partial charge in [-0.2, -0.15) is 0 Å². The van der Waals surface area contributed by atoms with Crippen molar-refractivity contribution in [2.24, 2.45) is 17.3 Å². The average Bonchev–Trinajstić information content (AvgIpc) is 2.84. The maximum Gasteiger partial charge on any atom is 0.310 e. The Hall–Kier alpha value is -0.610. The Bertz CT molecular complexity index is 266. The lowest BCUT2D eigenvalue weighted by molar-refractivity contribution is -0.154. The zero-order chi connectivity index (χ0) is 11.6. The Morgan fingerprint density at radius 3 is 2.69 bits per heavy atom. The summed E-state index contributed by atoms with van der Waals surface area (Å²) in [7, 11) is 0. The van der Waals surface area contributed by atoms with Crippen molar-refractivity contribution in [3.8, 4) is 0 Å². The van der Waals surface area contributed by atoms with Crippen LogP contribution in [-0.2, 0) is 9.53 Å². The van der Waals surface area contributed by atoms with Gasteiger partial charge in [0.25, 0.3) is 0 Å². The number of carbonyl (C=O) groups is 1. The summed E-state index contributed by atoms with van der Waals surface area (Å²) in [6.45, 7) is 0.770. The second kappa shape index (κ2) is 4.72. The van der Waals surface area contributed by atoms with Crippen molar-refractivity contribution in [1.82, 2.24) is 0 Å². The van der Waals surface area contributed by atoms with Crippen LogP contribution in [0, 0.1) is 17.3 Å². The molecule has 0 amide bonds. The van der Waals surface area contributed by atoms with E-state index in [0.717, 1.165) is 19.3 Å². The van der Waals surface area contributed by atoms with Crippen molar-refractivity contribution in [3.05, 3.63) is 0 Å². The summed E-state index contributed by atoms with van der Waals surface area (Å²) in [6.07, 6.45) is 4.79. The topological polar surface area (TPSA) is 66.8 Å². The van der Waals surface area contributed by atoms with Gasteiger partial charge >= 0.3 is 5.97 Å². The normalized spacial score (nSPS) is 36.8. The SMILES string of the molecule is O=C(O)C1(CCOCCO)CC2CCC1C2. The van der Waals surface area contributed by atoms with E-state index in [-0.39, 0.29) is 6.61 Å². The van der Waals surface area contributed by atoms with Gasteiger partial charge in [0.15, 0.2) is 0 Å². The minimum Gasteiger partial charge on any atom is -0.481 e. The van der Waals surface area contributed by atoms with E-state index in [2.05, 4.69) is 0 Å². The number of fused-ring (bicyclic) bond motifs is 2. The van der Waals surface area contributed by atoms with Gasteiger partial charge in [0.2, 0.25) is 0 Å². The summed E-state index contributed by atoms with van der Waals surface area (Å²) < 4.78 is 5.21. The number of carboxylic acid groups (broad SMARTS) is 1. The van der Waals surface area contributed by atoms with Crippen LogP contribution in [0.2, 0.25) is 0 Å². The highest BCUT2D eigenvalue weighted by Gasteiger charge is 2.55. The van der Waals surface area contributed by atoms with E-state index < -0.39 is 11.4 Å². The molecule has 2 aliphatic rings. The second-order valence-electron chi connectivity index (χ2n) is 5.13. The standard InChI is InChI=1S/C12H20O4/c13-4-6-16-5-3-12(11(14)15)8-9-1-2-10(12)7-9/h9-10,13H,1-8H2,(H,14,15). The second-order valence-corrected chi connectivity index (χ2v) is 5.13. The average molecular weight is 228 g/mol. The van der Waals surface area contributed by atoms with E-state index in [1.165, 1.54) is 6.42 Å². The van der Waals surface area contributed by atoms with Crippen LogP contribution in [0.3, 0.4) is 0 Å². The van der Waals surface area contributed by atoms with E-state index in [9.17, 15) is 9.90 Å². The fourth-order valence-corrected chi connectivity index (χ4v) is 3.54. The van der Waals surface area contributed by atoms with Gasteiger partial charge in [-0.1, -0.05) is 6.42 Å². The summed E-state index contributed by atoms with van der Waals surface area (Å²) in [5.74, 6) is 0.332. The molecule has 2 fully saturated rings. The predicted molar refractivity (Wildman–Crippen MR) is 58.0 cm³/mol. The highest BCUT2D eigenvalue weighted by Crippen LogP contribution is 2.57. The molecule has 0 aromatic rings. The van der Waals surface area contributed by atoms with Gasteiger partial charge in [-0.05, 0) is 37.5 Å². The van der Waals surface area contributed by atoms with Gasteiger partial charge in [0.1, 0.15) is 0 Å². The van der Waals surface area contributed by atoms with Crippen LogP contribution in [0.4, 0.5) is 0 Å². The molecule has 0 saturated heterocycles. The smallest absolute Gasteiger partial charge is 0.310 e. The molecule has 4 nitrogen and oxygen atoms in total. The van der Waals surface area contributed by atoms with Crippen LogP contribution in [0.25, 0.3) is 0 Å². The number of rotatable bonds is 6. The van der Waals surface area contributed by atoms with Crippen molar-refractivity contribution in [3.63, 3.8) is 0 Å². The van der Waals surface area contributed by atoms with Gasteiger partial charge in [0.05, 0.1) is 18.6 Å². The fourth-order valence-electron chi connectivity index (χ4n) is 3.54. The molecule has 0 aliphatic heterocycles. The zero-order valence-corrected chi connectivity index (χ0v) is 9.52. The molecule has 0 heterocycles. The van der Waals surface area contributed by atoms with Crippen molar-refractivity contribution < 1.29 is 19.7 Å². The van der Waals surface area contributed by atoms with E-state index in [1.807, 2.05) is 0 Å². The third-order valence-corrected chi connectivity index (χ3v) is 4.33. The molecule has 2 saturated carbocycles. The lowest BCUT2D eigenvalue weighted by atomic mass is 9.71. The summed E-state index contributed by atoms with van der Waals surface area (Å²) in [4.78, 5) is 11.5. The summed E-state index contributed by atoms with van der Waals surface area (Å²) in [5.41, 5.74) is -0.529. The Balaban J connectivity index is 1.93. The van der Waals surface area contributed by atoms with Crippen LogP contribution in [0.1, 0.15) is 32.1 Å². The summed E-state index contributed by atoms with van der Waals surface area (Å²) >= 11 is 0. The summed E-state index contributed by atoms with van der Waals surface area (Å²) in [5, 5.41) is 18.0. The van der Waals surface area contributed by atoms with Crippen LogP contribution in [-0.4, -0.2) is 36.0 Å². The van der Waals surface area contributed by atoms with Crippen molar-refractivity contribution in [1.29, 1.82) is 0 Å². The number of carboxylic acids is 1. The first-order chi connectivity index (χ1) is 7.69. The zero-order valence-electron chi connectivity index (χ0n) is 9.52.